The molecular weight excluding hydrogens is 336 g/mol. The van der Waals surface area contributed by atoms with Crippen LogP contribution in [0.25, 0.3) is 0 Å². The summed E-state index contributed by atoms with van der Waals surface area (Å²) in [6.45, 7) is 0. The molecule has 0 aliphatic carbocycles. The molecule has 7 nitrogen and oxygen atoms in total. The van der Waals surface area contributed by atoms with Gasteiger partial charge >= 0.3 is 0 Å². The second kappa shape index (κ2) is 6.43. The number of hydrogen-bond acceptors (Lipinski definition) is 7. The topological polar surface area (TPSA) is 97.5 Å². The lowest BCUT2D eigenvalue weighted by Gasteiger charge is -1.97. The van der Waals surface area contributed by atoms with Crippen molar-refractivity contribution in [1.29, 1.82) is 0 Å². The molecule has 0 fully saturated rings. The maximum absolute atomic E-state index is 11.2. The molecule has 2 aromatic rings. The van der Waals surface area contributed by atoms with E-state index in [1.54, 1.807) is 11.6 Å². The average molecular weight is 343 g/mol. The second-order valence-corrected chi connectivity index (χ2v) is 5.22. The van der Waals surface area contributed by atoms with Gasteiger partial charge in [-0.05, 0) is 12.1 Å². The lowest BCUT2D eigenvalue weighted by molar-refractivity contribution is 0.0945. The highest BCUT2D eigenvalue weighted by molar-refractivity contribution is 9.10. The Morgan fingerprint density at radius 2 is 2.37 bits per heavy atom. The predicted molar refractivity (Wildman–Crippen MR) is 71.3 cm³/mol. The lowest BCUT2D eigenvalue weighted by Crippen LogP contribution is -2.16. The summed E-state index contributed by atoms with van der Waals surface area (Å²) in [6.07, 6.45) is 1.68. The van der Waals surface area contributed by atoms with Crippen LogP contribution >= 0.6 is 27.7 Å². The maximum atomic E-state index is 11.2. The standard InChI is InChI=1S/C10H7BrN4O3S/c11-6-1-2-12-9(3-6)19-5-7-4-8(14-18-7)10(16)13-15-17/h1-4H,5H2,(H,13,16,17). The monoisotopic (exact) mass is 342 g/mol. The van der Waals surface area contributed by atoms with Crippen LogP contribution in [-0.4, -0.2) is 16.0 Å². The van der Waals surface area contributed by atoms with Gasteiger partial charge in [-0.2, -0.15) is 0 Å². The summed E-state index contributed by atoms with van der Waals surface area (Å²) >= 11 is 4.78. The number of hydrogen-bond donors (Lipinski definition) is 1. The highest BCUT2D eigenvalue weighted by Gasteiger charge is 2.12. The van der Waals surface area contributed by atoms with E-state index < -0.39 is 5.91 Å². The number of carbonyl (C=O) groups excluding carboxylic acids is 1. The van der Waals surface area contributed by atoms with Crippen LogP contribution in [-0.2, 0) is 5.75 Å². The SMILES string of the molecule is O=NNC(=O)c1cc(CSc2cc(Br)ccn2)on1. The molecule has 0 spiro atoms. The van der Waals surface area contributed by atoms with Crippen LogP contribution in [0.5, 0.6) is 0 Å². The van der Waals surface area contributed by atoms with Crippen molar-refractivity contribution in [2.24, 2.45) is 5.29 Å². The third-order valence-electron chi connectivity index (χ3n) is 2.00. The van der Waals surface area contributed by atoms with E-state index in [9.17, 15) is 9.70 Å². The fourth-order valence-electron chi connectivity index (χ4n) is 1.20. The van der Waals surface area contributed by atoms with Gasteiger partial charge in [-0.15, -0.1) is 4.91 Å². The fourth-order valence-corrected chi connectivity index (χ4v) is 2.45. The molecule has 0 aromatic carbocycles. The van der Waals surface area contributed by atoms with Crippen LogP contribution < -0.4 is 5.43 Å². The van der Waals surface area contributed by atoms with Crippen LogP contribution in [0.15, 0.2) is 43.7 Å². The van der Waals surface area contributed by atoms with Crippen molar-refractivity contribution in [2.75, 3.05) is 0 Å². The van der Waals surface area contributed by atoms with Crippen molar-refractivity contribution in [1.82, 2.24) is 15.6 Å². The molecule has 0 aliphatic rings. The van der Waals surface area contributed by atoms with E-state index in [2.05, 4.69) is 31.4 Å². The van der Waals surface area contributed by atoms with Gasteiger partial charge in [0.05, 0.1) is 16.1 Å². The quantitative estimate of drug-likeness (QED) is 0.509. The molecule has 98 valence electrons. The summed E-state index contributed by atoms with van der Waals surface area (Å²) in [6, 6.07) is 5.14. The van der Waals surface area contributed by atoms with Gasteiger partial charge in [-0.1, -0.05) is 32.8 Å². The summed E-state index contributed by atoms with van der Waals surface area (Å²) < 4.78 is 5.90. The number of nitrogens with one attached hydrogen (secondary N) is 1. The number of nitrogens with zero attached hydrogens (tertiary/aromatic N) is 3. The number of pyridine rings is 1. The predicted octanol–water partition coefficient (Wildman–Crippen LogP) is 2.54. The smallest absolute Gasteiger partial charge is 0.296 e. The molecule has 0 unspecified atom stereocenters. The van der Waals surface area contributed by atoms with E-state index in [0.29, 0.717) is 11.5 Å². The highest BCUT2D eigenvalue weighted by atomic mass is 79.9. The molecule has 0 atom stereocenters. The van der Waals surface area contributed by atoms with Crippen LogP contribution in [0.3, 0.4) is 0 Å². The summed E-state index contributed by atoms with van der Waals surface area (Å²) in [4.78, 5) is 25.3. The van der Waals surface area contributed by atoms with E-state index in [4.69, 9.17) is 4.52 Å². The van der Waals surface area contributed by atoms with Gasteiger partial charge in [0.25, 0.3) is 5.91 Å². The van der Waals surface area contributed by atoms with Crippen LogP contribution in [0.4, 0.5) is 0 Å². The second-order valence-electron chi connectivity index (χ2n) is 3.31. The number of nitroso groups, excluding NO2 is 1. The largest absolute Gasteiger partial charge is 0.360 e. The van der Waals surface area contributed by atoms with Crippen molar-refractivity contribution in [3.8, 4) is 0 Å². The van der Waals surface area contributed by atoms with E-state index in [0.717, 1.165) is 9.50 Å². The van der Waals surface area contributed by atoms with Gasteiger partial charge in [-0.3, -0.25) is 4.79 Å². The Balaban J connectivity index is 1.97. The van der Waals surface area contributed by atoms with Gasteiger partial charge in [0.1, 0.15) is 5.76 Å². The van der Waals surface area contributed by atoms with Gasteiger partial charge in [0.2, 0.25) is 0 Å². The van der Waals surface area contributed by atoms with Crippen molar-refractivity contribution in [3.63, 3.8) is 0 Å². The molecule has 2 heterocycles. The molecule has 1 amide bonds. The Hall–Kier alpha value is -1.74. The van der Waals surface area contributed by atoms with E-state index in [1.807, 2.05) is 12.1 Å². The Bertz CT molecular complexity index is 604. The van der Waals surface area contributed by atoms with Gasteiger partial charge in [0.15, 0.2) is 5.69 Å². The van der Waals surface area contributed by atoms with Crippen LogP contribution in [0.1, 0.15) is 16.2 Å². The molecule has 0 saturated heterocycles. The van der Waals surface area contributed by atoms with E-state index in [1.165, 1.54) is 17.8 Å². The first-order valence-electron chi connectivity index (χ1n) is 5.01. The average Bonchev–Trinajstić information content (AvgIpc) is 2.86. The molecular formula is C10H7BrN4O3S. The number of rotatable bonds is 5. The number of halogens is 1. The Labute approximate surface area is 120 Å². The molecule has 2 aromatic heterocycles. The molecule has 19 heavy (non-hydrogen) atoms. The zero-order valence-corrected chi connectivity index (χ0v) is 11.8. The fraction of sp³-hybridized carbons (Fsp3) is 0.100. The molecule has 1 N–H and O–H groups in total. The first-order valence-corrected chi connectivity index (χ1v) is 6.79. The molecule has 0 saturated carbocycles. The highest BCUT2D eigenvalue weighted by Crippen LogP contribution is 2.23. The Morgan fingerprint density at radius 1 is 1.53 bits per heavy atom. The molecule has 2 rings (SSSR count). The Kier molecular flexibility index (Phi) is 4.63. The van der Waals surface area contributed by atoms with Crippen LogP contribution in [0.2, 0.25) is 0 Å². The van der Waals surface area contributed by atoms with Gasteiger partial charge in [0, 0.05) is 16.7 Å². The lowest BCUT2D eigenvalue weighted by atomic mass is 10.4. The minimum atomic E-state index is -0.699. The van der Waals surface area contributed by atoms with Gasteiger partial charge < -0.3 is 4.52 Å². The van der Waals surface area contributed by atoms with E-state index in [-0.39, 0.29) is 5.69 Å². The minimum Gasteiger partial charge on any atom is -0.360 e. The minimum absolute atomic E-state index is 0.0115. The molecule has 0 radical (unpaired) electrons. The molecule has 0 bridgehead atoms. The first kappa shape index (κ1) is 13.7. The van der Waals surface area contributed by atoms with Crippen molar-refractivity contribution >= 4 is 33.6 Å². The van der Waals surface area contributed by atoms with Crippen molar-refractivity contribution in [2.45, 2.75) is 10.8 Å². The summed E-state index contributed by atoms with van der Waals surface area (Å²) in [7, 11) is 0. The van der Waals surface area contributed by atoms with Crippen molar-refractivity contribution in [3.05, 3.63) is 45.2 Å². The third-order valence-corrected chi connectivity index (χ3v) is 3.44. The number of aromatic nitrogens is 2. The normalized spacial score (nSPS) is 10.2. The van der Waals surface area contributed by atoms with Crippen LogP contribution in [0, 0.1) is 4.91 Å². The third kappa shape index (κ3) is 3.86. The number of thioether (sulfide) groups is 1. The van der Waals surface area contributed by atoms with Crippen molar-refractivity contribution < 1.29 is 9.32 Å². The Morgan fingerprint density at radius 3 is 3.11 bits per heavy atom. The number of carbonyl (C=O) groups is 1. The summed E-state index contributed by atoms with van der Waals surface area (Å²) in [5, 5.41) is 6.62. The zero-order chi connectivity index (χ0) is 13.7. The maximum Gasteiger partial charge on any atom is 0.296 e. The molecule has 9 heteroatoms. The van der Waals surface area contributed by atoms with E-state index >= 15 is 0 Å². The first-order chi connectivity index (χ1) is 9.19. The summed E-state index contributed by atoms with van der Waals surface area (Å²) in [5.74, 6) is 0.275. The summed E-state index contributed by atoms with van der Waals surface area (Å²) in [5.41, 5.74) is 1.75. The zero-order valence-electron chi connectivity index (χ0n) is 9.37. The van der Waals surface area contributed by atoms with Gasteiger partial charge in [-0.25, -0.2) is 10.4 Å². The molecule has 0 aliphatic heterocycles. The number of amides is 1.